The Kier molecular flexibility index (Phi) is 7.49. The molecule has 2 atom stereocenters. The monoisotopic (exact) mass is 549 g/mol. The van der Waals surface area contributed by atoms with Crippen LogP contribution >= 0.6 is 11.6 Å². The molecule has 6 nitrogen and oxygen atoms in total. The molecule has 2 aromatic carbocycles. The number of carbonyl (C=O) groups is 2. The van der Waals surface area contributed by atoms with Crippen LogP contribution in [0.1, 0.15) is 30.9 Å². The molecule has 0 spiro atoms. The predicted molar refractivity (Wildman–Crippen MR) is 139 cm³/mol. The second kappa shape index (κ2) is 10.7. The van der Waals surface area contributed by atoms with E-state index >= 15 is 0 Å². The number of carbonyl (C=O) groups excluding carboxylic acids is 2. The summed E-state index contributed by atoms with van der Waals surface area (Å²) in [5, 5.41) is 0.621. The van der Waals surface area contributed by atoms with E-state index < -0.39 is 17.7 Å². The summed E-state index contributed by atoms with van der Waals surface area (Å²) in [6.07, 6.45) is -3.19. The average Bonchev–Trinajstić information content (AvgIpc) is 2.91. The molecule has 0 bridgehead atoms. The standard InChI is InChI=1S/C28H31ClF3N3O3/c1-2-38-27(37)18-9-11-33(12-10-18)26(36)21-16-19-15-20(28(30,31)32)7-8-23(19)35-14-13-34(17-25(21)35)24-6-4-3-5-22(24)29/h3-8,15,18,21,25H,2,9-14,16-17H2,1H3. The van der Waals surface area contributed by atoms with Gasteiger partial charge in [-0.05, 0) is 62.1 Å². The molecule has 0 N–H and O–H groups in total. The van der Waals surface area contributed by atoms with Crippen LogP contribution in [0.3, 0.4) is 0 Å². The first-order valence-electron chi connectivity index (χ1n) is 13.1. The molecule has 0 aromatic heterocycles. The van der Waals surface area contributed by atoms with E-state index in [4.69, 9.17) is 16.3 Å². The number of piperidine rings is 1. The van der Waals surface area contributed by atoms with Crippen LogP contribution in [0.15, 0.2) is 42.5 Å². The maximum atomic E-state index is 13.9. The number of hydrogen-bond acceptors (Lipinski definition) is 5. The zero-order valence-corrected chi connectivity index (χ0v) is 22.0. The highest BCUT2D eigenvalue weighted by molar-refractivity contribution is 6.33. The van der Waals surface area contributed by atoms with E-state index in [9.17, 15) is 22.8 Å². The van der Waals surface area contributed by atoms with Crippen LogP contribution in [0.4, 0.5) is 24.5 Å². The number of fused-ring (bicyclic) bond motifs is 3. The lowest BCUT2D eigenvalue weighted by molar-refractivity contribution is -0.152. The number of amides is 1. The van der Waals surface area contributed by atoms with E-state index in [2.05, 4.69) is 9.80 Å². The van der Waals surface area contributed by atoms with Crippen molar-refractivity contribution in [1.82, 2.24) is 4.90 Å². The van der Waals surface area contributed by atoms with Gasteiger partial charge < -0.3 is 19.4 Å². The molecule has 2 saturated heterocycles. The van der Waals surface area contributed by atoms with Crippen molar-refractivity contribution in [3.05, 3.63) is 58.6 Å². The van der Waals surface area contributed by atoms with Crippen LogP contribution in [0.2, 0.25) is 5.02 Å². The minimum Gasteiger partial charge on any atom is -0.466 e. The van der Waals surface area contributed by atoms with Crippen molar-refractivity contribution >= 4 is 34.9 Å². The topological polar surface area (TPSA) is 53.1 Å². The van der Waals surface area contributed by atoms with Gasteiger partial charge in [-0.25, -0.2) is 0 Å². The largest absolute Gasteiger partial charge is 0.466 e. The van der Waals surface area contributed by atoms with E-state index in [0.717, 1.165) is 17.4 Å². The highest BCUT2D eigenvalue weighted by Gasteiger charge is 2.45. The fourth-order valence-electron chi connectivity index (χ4n) is 6.04. The zero-order chi connectivity index (χ0) is 27.0. The molecule has 2 fully saturated rings. The van der Waals surface area contributed by atoms with E-state index in [1.54, 1.807) is 17.9 Å². The molecule has 0 aliphatic carbocycles. The van der Waals surface area contributed by atoms with Gasteiger partial charge >= 0.3 is 12.1 Å². The number of anilines is 2. The molecule has 3 heterocycles. The lowest BCUT2D eigenvalue weighted by Crippen LogP contribution is -2.62. The number of para-hydroxylation sites is 1. The van der Waals surface area contributed by atoms with Crippen LogP contribution in [0.5, 0.6) is 0 Å². The molecule has 3 aliphatic rings. The Morgan fingerprint density at radius 3 is 2.45 bits per heavy atom. The molecule has 0 radical (unpaired) electrons. The molecule has 38 heavy (non-hydrogen) atoms. The summed E-state index contributed by atoms with van der Waals surface area (Å²) in [7, 11) is 0. The Bertz CT molecular complexity index is 1200. The summed E-state index contributed by atoms with van der Waals surface area (Å²) < 4.78 is 45.7. The van der Waals surface area contributed by atoms with Crippen molar-refractivity contribution in [2.45, 2.75) is 38.4 Å². The minimum atomic E-state index is -4.46. The first-order valence-corrected chi connectivity index (χ1v) is 13.5. The molecular weight excluding hydrogens is 519 g/mol. The molecule has 3 aliphatic heterocycles. The Labute approximate surface area is 225 Å². The molecule has 2 unspecified atom stereocenters. The molecule has 1 amide bonds. The maximum Gasteiger partial charge on any atom is 0.416 e. The summed E-state index contributed by atoms with van der Waals surface area (Å²) in [5.41, 5.74) is 1.48. The van der Waals surface area contributed by atoms with Gasteiger partial charge in [0.1, 0.15) is 0 Å². The van der Waals surface area contributed by atoms with Crippen molar-refractivity contribution in [2.75, 3.05) is 49.1 Å². The first-order chi connectivity index (χ1) is 18.2. The maximum absolute atomic E-state index is 13.9. The third kappa shape index (κ3) is 5.17. The predicted octanol–water partition coefficient (Wildman–Crippen LogP) is 5.03. The number of alkyl halides is 3. The van der Waals surface area contributed by atoms with Crippen LogP contribution in [0, 0.1) is 11.8 Å². The third-order valence-corrected chi connectivity index (χ3v) is 8.30. The SMILES string of the molecule is CCOC(=O)C1CCN(C(=O)C2Cc3cc(C(F)(F)F)ccc3N3CCN(c4ccccc4Cl)CC23)CC1. The normalized spacial score (nSPS) is 22.1. The Hall–Kier alpha value is -2.94. The number of likely N-dealkylation sites (tertiary alicyclic amines) is 1. The second-order valence-electron chi connectivity index (χ2n) is 10.2. The summed E-state index contributed by atoms with van der Waals surface area (Å²) in [6.45, 7) is 4.65. The van der Waals surface area contributed by atoms with Gasteiger partial charge in [0.25, 0.3) is 0 Å². The van der Waals surface area contributed by atoms with Crippen molar-refractivity contribution < 1.29 is 27.5 Å². The number of nitrogens with zero attached hydrogens (tertiary/aromatic N) is 3. The number of esters is 1. The first kappa shape index (κ1) is 26.7. The van der Waals surface area contributed by atoms with Gasteiger partial charge in [0.15, 0.2) is 0 Å². The Morgan fingerprint density at radius 1 is 1.03 bits per heavy atom. The van der Waals surface area contributed by atoms with Crippen molar-refractivity contribution in [1.29, 1.82) is 0 Å². The van der Waals surface area contributed by atoms with Crippen LogP contribution in [-0.2, 0) is 26.9 Å². The highest BCUT2D eigenvalue weighted by atomic mass is 35.5. The number of rotatable bonds is 4. The summed E-state index contributed by atoms with van der Waals surface area (Å²) in [5.74, 6) is -1.07. The van der Waals surface area contributed by atoms with Crippen LogP contribution in [0.25, 0.3) is 0 Å². The molecule has 204 valence electrons. The highest BCUT2D eigenvalue weighted by Crippen LogP contribution is 2.41. The smallest absolute Gasteiger partial charge is 0.416 e. The summed E-state index contributed by atoms with van der Waals surface area (Å²) in [6, 6.07) is 11.2. The van der Waals surface area contributed by atoms with E-state index in [1.165, 1.54) is 6.07 Å². The summed E-state index contributed by atoms with van der Waals surface area (Å²) >= 11 is 6.48. The molecule has 10 heteroatoms. The Morgan fingerprint density at radius 2 is 1.76 bits per heavy atom. The van der Waals surface area contributed by atoms with Crippen molar-refractivity contribution in [3.8, 4) is 0 Å². The lowest BCUT2D eigenvalue weighted by atomic mass is 9.81. The second-order valence-corrected chi connectivity index (χ2v) is 10.6. The van der Waals surface area contributed by atoms with E-state index in [-0.39, 0.29) is 30.3 Å². The number of hydrogen-bond donors (Lipinski definition) is 0. The zero-order valence-electron chi connectivity index (χ0n) is 21.2. The van der Waals surface area contributed by atoms with Crippen LogP contribution in [-0.4, -0.2) is 62.1 Å². The summed E-state index contributed by atoms with van der Waals surface area (Å²) in [4.78, 5) is 32.1. The quantitative estimate of drug-likeness (QED) is 0.501. The lowest BCUT2D eigenvalue weighted by Gasteiger charge is -2.50. The van der Waals surface area contributed by atoms with Gasteiger partial charge in [-0.3, -0.25) is 9.59 Å². The van der Waals surface area contributed by atoms with Gasteiger partial charge in [0, 0.05) is 38.4 Å². The number of piperazine rings is 1. The van der Waals surface area contributed by atoms with E-state index in [0.29, 0.717) is 62.8 Å². The van der Waals surface area contributed by atoms with Gasteiger partial charge in [0.05, 0.1) is 40.8 Å². The molecule has 5 rings (SSSR count). The molecule has 0 saturated carbocycles. The number of benzene rings is 2. The minimum absolute atomic E-state index is 0.0774. The van der Waals surface area contributed by atoms with E-state index in [1.807, 2.05) is 24.3 Å². The van der Waals surface area contributed by atoms with Gasteiger partial charge in [-0.2, -0.15) is 13.2 Å². The fraction of sp³-hybridized carbons (Fsp3) is 0.500. The average molecular weight is 550 g/mol. The van der Waals surface area contributed by atoms with Crippen molar-refractivity contribution in [3.63, 3.8) is 0 Å². The van der Waals surface area contributed by atoms with Crippen LogP contribution < -0.4 is 9.80 Å². The fourth-order valence-corrected chi connectivity index (χ4v) is 6.30. The van der Waals surface area contributed by atoms with Gasteiger partial charge in [-0.1, -0.05) is 23.7 Å². The van der Waals surface area contributed by atoms with Crippen molar-refractivity contribution in [2.24, 2.45) is 11.8 Å². The van der Waals surface area contributed by atoms with Gasteiger partial charge in [-0.15, -0.1) is 0 Å². The molecular formula is C28H31ClF3N3O3. The third-order valence-electron chi connectivity index (χ3n) is 7.98. The Balaban J connectivity index is 1.42. The van der Waals surface area contributed by atoms with Gasteiger partial charge in [0.2, 0.25) is 5.91 Å². The molecule has 2 aromatic rings. The number of ether oxygens (including phenoxy) is 1. The number of halogens is 4.